The van der Waals surface area contributed by atoms with Gasteiger partial charge in [-0.1, -0.05) is 36.4 Å². The molecule has 0 saturated carbocycles. The molecule has 0 bridgehead atoms. The van der Waals surface area contributed by atoms with Gasteiger partial charge in [0.05, 0.1) is 0 Å². The SMILES string of the molecule is CNC(=O)[C@H](Cc1ccc(OCc2ccccc2)c(O)c1)NC(=O)OC(C)(C)C. The molecule has 7 nitrogen and oxygen atoms in total. The second-order valence-electron chi connectivity index (χ2n) is 7.59. The van der Waals surface area contributed by atoms with Crippen LogP contribution in [0.5, 0.6) is 11.5 Å². The summed E-state index contributed by atoms with van der Waals surface area (Å²) in [7, 11) is 1.49. The van der Waals surface area contributed by atoms with E-state index in [0.29, 0.717) is 17.9 Å². The van der Waals surface area contributed by atoms with Crippen molar-refractivity contribution in [2.75, 3.05) is 7.05 Å². The third kappa shape index (κ3) is 7.37. The lowest BCUT2D eigenvalue weighted by Crippen LogP contribution is -2.48. The molecule has 29 heavy (non-hydrogen) atoms. The van der Waals surface area contributed by atoms with Gasteiger partial charge in [-0.3, -0.25) is 4.79 Å². The number of carbonyl (C=O) groups excluding carboxylic acids is 2. The number of phenolic OH excluding ortho intramolecular Hbond substituents is 1. The van der Waals surface area contributed by atoms with Crippen LogP contribution in [0.1, 0.15) is 31.9 Å². The minimum atomic E-state index is -0.842. The van der Waals surface area contributed by atoms with Gasteiger partial charge >= 0.3 is 6.09 Å². The number of rotatable bonds is 7. The lowest BCUT2D eigenvalue weighted by atomic mass is 10.0. The summed E-state index contributed by atoms with van der Waals surface area (Å²) in [5.41, 5.74) is 0.976. The van der Waals surface area contributed by atoms with Gasteiger partial charge in [0.15, 0.2) is 11.5 Å². The number of likely N-dealkylation sites (N-methyl/N-ethyl adjacent to an activating group) is 1. The summed E-state index contributed by atoms with van der Waals surface area (Å²) >= 11 is 0. The van der Waals surface area contributed by atoms with Crippen molar-refractivity contribution in [3.63, 3.8) is 0 Å². The van der Waals surface area contributed by atoms with E-state index in [4.69, 9.17) is 9.47 Å². The van der Waals surface area contributed by atoms with Gasteiger partial charge in [-0.25, -0.2) is 4.79 Å². The summed E-state index contributed by atoms with van der Waals surface area (Å²) < 4.78 is 10.9. The van der Waals surface area contributed by atoms with Crippen LogP contribution in [0.3, 0.4) is 0 Å². The third-order valence-corrected chi connectivity index (χ3v) is 3.95. The van der Waals surface area contributed by atoms with E-state index in [9.17, 15) is 14.7 Å². The predicted octanol–water partition coefficient (Wildman–Crippen LogP) is 3.15. The Balaban J connectivity index is 2.04. The Bertz CT molecular complexity index is 831. The van der Waals surface area contributed by atoms with E-state index in [2.05, 4.69) is 10.6 Å². The Morgan fingerprint density at radius 2 is 1.76 bits per heavy atom. The monoisotopic (exact) mass is 400 g/mol. The maximum Gasteiger partial charge on any atom is 0.408 e. The van der Waals surface area contributed by atoms with Gasteiger partial charge in [0.25, 0.3) is 0 Å². The van der Waals surface area contributed by atoms with Crippen LogP contribution in [-0.4, -0.2) is 35.8 Å². The van der Waals surface area contributed by atoms with Crippen LogP contribution in [0.15, 0.2) is 48.5 Å². The van der Waals surface area contributed by atoms with Gasteiger partial charge < -0.3 is 25.2 Å². The summed E-state index contributed by atoms with van der Waals surface area (Å²) in [5, 5.41) is 15.4. The number of aromatic hydroxyl groups is 1. The van der Waals surface area contributed by atoms with Crippen molar-refractivity contribution in [3.8, 4) is 11.5 Å². The molecule has 0 radical (unpaired) electrons. The number of benzene rings is 2. The zero-order chi connectivity index (χ0) is 21.4. The zero-order valence-corrected chi connectivity index (χ0v) is 17.2. The van der Waals surface area contributed by atoms with Crippen LogP contribution in [0.2, 0.25) is 0 Å². The summed E-state index contributed by atoms with van der Waals surface area (Å²) in [6.07, 6.45) is -0.496. The smallest absolute Gasteiger partial charge is 0.408 e. The van der Waals surface area contributed by atoms with Gasteiger partial charge in [-0.2, -0.15) is 0 Å². The largest absolute Gasteiger partial charge is 0.504 e. The lowest BCUT2D eigenvalue weighted by molar-refractivity contribution is -0.122. The van der Waals surface area contributed by atoms with E-state index in [1.165, 1.54) is 13.1 Å². The topological polar surface area (TPSA) is 96.9 Å². The van der Waals surface area contributed by atoms with Crippen molar-refractivity contribution >= 4 is 12.0 Å². The quantitative estimate of drug-likeness (QED) is 0.663. The molecule has 0 spiro atoms. The number of hydrogen-bond acceptors (Lipinski definition) is 5. The number of phenols is 1. The minimum Gasteiger partial charge on any atom is -0.504 e. The molecule has 7 heteroatoms. The molecule has 2 amide bonds. The molecular formula is C22H28N2O5. The molecule has 3 N–H and O–H groups in total. The maximum absolute atomic E-state index is 12.2. The first-order valence-corrected chi connectivity index (χ1v) is 9.37. The van der Waals surface area contributed by atoms with Gasteiger partial charge in [0.2, 0.25) is 5.91 Å². The normalized spacial score (nSPS) is 12.0. The maximum atomic E-state index is 12.2. The molecule has 2 aromatic carbocycles. The van der Waals surface area contributed by atoms with Crippen LogP contribution < -0.4 is 15.4 Å². The van der Waals surface area contributed by atoms with Crippen LogP contribution in [0, 0.1) is 0 Å². The Labute approximate surface area is 171 Å². The fraction of sp³-hybridized carbons (Fsp3) is 0.364. The van der Waals surface area contributed by atoms with Gasteiger partial charge in [0.1, 0.15) is 18.2 Å². The first-order valence-electron chi connectivity index (χ1n) is 9.37. The van der Waals surface area contributed by atoms with Gasteiger partial charge in [-0.15, -0.1) is 0 Å². The van der Waals surface area contributed by atoms with E-state index in [1.54, 1.807) is 32.9 Å². The molecule has 0 aliphatic heterocycles. The number of alkyl carbamates (subject to hydrolysis) is 1. The molecule has 0 aliphatic carbocycles. The Morgan fingerprint density at radius 1 is 1.07 bits per heavy atom. The van der Waals surface area contributed by atoms with Crippen molar-refractivity contribution in [2.45, 2.75) is 45.4 Å². The second kappa shape index (κ2) is 9.82. The van der Waals surface area contributed by atoms with Crippen LogP contribution >= 0.6 is 0 Å². The average Bonchev–Trinajstić information content (AvgIpc) is 2.65. The number of amides is 2. The van der Waals surface area contributed by atoms with Gasteiger partial charge in [-0.05, 0) is 44.0 Å². The summed E-state index contributed by atoms with van der Waals surface area (Å²) in [6.45, 7) is 5.56. The molecule has 2 aromatic rings. The summed E-state index contributed by atoms with van der Waals surface area (Å²) in [4.78, 5) is 24.2. The fourth-order valence-electron chi connectivity index (χ4n) is 2.62. The highest BCUT2D eigenvalue weighted by Crippen LogP contribution is 2.28. The highest BCUT2D eigenvalue weighted by atomic mass is 16.6. The third-order valence-electron chi connectivity index (χ3n) is 3.95. The summed E-state index contributed by atoms with van der Waals surface area (Å²) in [5.74, 6) is -0.0553. The standard InChI is InChI=1S/C22H28N2O5/c1-22(2,3)29-21(27)24-17(20(26)23-4)12-16-10-11-19(18(25)13-16)28-14-15-8-6-5-7-9-15/h5-11,13,17,25H,12,14H2,1-4H3,(H,23,26)(H,24,27)/t17-/m0/s1. The number of carbonyl (C=O) groups is 2. The molecule has 0 aromatic heterocycles. The van der Waals surface area contributed by atoms with E-state index in [1.807, 2.05) is 30.3 Å². The molecular weight excluding hydrogens is 372 g/mol. The minimum absolute atomic E-state index is 0.0358. The lowest BCUT2D eigenvalue weighted by Gasteiger charge is -2.23. The van der Waals surface area contributed by atoms with E-state index < -0.39 is 17.7 Å². The molecule has 0 fully saturated rings. The van der Waals surface area contributed by atoms with Crippen molar-refractivity contribution < 1.29 is 24.2 Å². The Kier molecular flexibility index (Phi) is 7.47. The fourth-order valence-corrected chi connectivity index (χ4v) is 2.62. The molecule has 0 heterocycles. The van der Waals surface area contributed by atoms with Crippen LogP contribution in [-0.2, 0) is 22.6 Å². The highest BCUT2D eigenvalue weighted by molar-refractivity contribution is 5.85. The number of hydrogen-bond donors (Lipinski definition) is 3. The molecule has 2 rings (SSSR count). The molecule has 1 atom stereocenters. The first kappa shape index (κ1) is 22.1. The van der Waals surface area contributed by atoms with Crippen molar-refractivity contribution in [2.24, 2.45) is 0 Å². The first-order chi connectivity index (χ1) is 13.7. The van der Waals surface area contributed by atoms with E-state index >= 15 is 0 Å². The summed E-state index contributed by atoms with van der Waals surface area (Å²) in [6, 6.07) is 13.7. The van der Waals surface area contributed by atoms with E-state index in [-0.39, 0.29) is 18.1 Å². The number of ether oxygens (including phenoxy) is 2. The Hall–Kier alpha value is -3.22. The molecule has 0 unspecified atom stereocenters. The Morgan fingerprint density at radius 3 is 2.34 bits per heavy atom. The molecule has 0 aliphatic rings. The van der Waals surface area contributed by atoms with Crippen LogP contribution in [0.25, 0.3) is 0 Å². The average molecular weight is 400 g/mol. The second-order valence-corrected chi connectivity index (χ2v) is 7.59. The zero-order valence-electron chi connectivity index (χ0n) is 17.2. The van der Waals surface area contributed by atoms with E-state index in [0.717, 1.165) is 5.56 Å². The molecule has 0 saturated heterocycles. The van der Waals surface area contributed by atoms with Crippen molar-refractivity contribution in [3.05, 3.63) is 59.7 Å². The van der Waals surface area contributed by atoms with Crippen molar-refractivity contribution in [1.82, 2.24) is 10.6 Å². The van der Waals surface area contributed by atoms with Crippen LogP contribution in [0.4, 0.5) is 4.79 Å². The van der Waals surface area contributed by atoms with Gasteiger partial charge in [0, 0.05) is 13.5 Å². The highest BCUT2D eigenvalue weighted by Gasteiger charge is 2.24. The van der Waals surface area contributed by atoms with Crippen molar-refractivity contribution in [1.29, 1.82) is 0 Å². The predicted molar refractivity (Wildman–Crippen MR) is 110 cm³/mol. The molecule has 156 valence electrons. The number of nitrogens with one attached hydrogen (secondary N) is 2.